The van der Waals surface area contributed by atoms with Crippen molar-refractivity contribution < 1.29 is 9.47 Å². The Hall–Kier alpha value is -1.71. The van der Waals surface area contributed by atoms with Crippen LogP contribution in [0.3, 0.4) is 0 Å². The average Bonchev–Trinajstić information content (AvgIpc) is 2.46. The van der Waals surface area contributed by atoms with E-state index in [4.69, 9.17) is 26.8 Å². The van der Waals surface area contributed by atoms with Gasteiger partial charge in [0.05, 0.1) is 20.3 Å². The lowest BCUT2D eigenvalue weighted by molar-refractivity contribution is 0.350. The predicted octanol–water partition coefficient (Wildman–Crippen LogP) is 3.41. The summed E-state index contributed by atoms with van der Waals surface area (Å²) in [6.07, 6.45) is 0. The zero-order chi connectivity index (χ0) is 13.8. The fourth-order valence-corrected chi connectivity index (χ4v) is 2.31. The van der Waals surface area contributed by atoms with Gasteiger partial charge in [-0.15, -0.1) is 0 Å². The number of halogens is 1. The maximum absolute atomic E-state index is 6.30. The molecule has 100 valence electrons. The van der Waals surface area contributed by atoms with Crippen molar-refractivity contribution in [3.8, 4) is 11.5 Å². The zero-order valence-electron chi connectivity index (χ0n) is 10.9. The number of benzene rings is 2. The van der Waals surface area contributed by atoms with Crippen LogP contribution in [0.25, 0.3) is 0 Å². The average molecular weight is 278 g/mol. The van der Waals surface area contributed by atoms with Crippen LogP contribution in [0.5, 0.6) is 11.5 Å². The molecule has 2 N–H and O–H groups in total. The lowest BCUT2D eigenvalue weighted by Gasteiger charge is -2.19. The van der Waals surface area contributed by atoms with Crippen LogP contribution >= 0.6 is 11.6 Å². The van der Waals surface area contributed by atoms with Crippen LogP contribution in [0.1, 0.15) is 17.2 Å². The quantitative estimate of drug-likeness (QED) is 0.931. The van der Waals surface area contributed by atoms with Crippen molar-refractivity contribution in [3.63, 3.8) is 0 Å². The molecular formula is C15H16ClNO2. The van der Waals surface area contributed by atoms with E-state index in [0.29, 0.717) is 16.5 Å². The van der Waals surface area contributed by atoms with Crippen molar-refractivity contribution in [2.45, 2.75) is 6.04 Å². The van der Waals surface area contributed by atoms with Crippen LogP contribution in [0.2, 0.25) is 5.02 Å². The van der Waals surface area contributed by atoms with Gasteiger partial charge < -0.3 is 15.2 Å². The highest BCUT2D eigenvalue weighted by Crippen LogP contribution is 2.37. The van der Waals surface area contributed by atoms with Gasteiger partial charge in [0.1, 0.15) is 0 Å². The van der Waals surface area contributed by atoms with Gasteiger partial charge in [-0.25, -0.2) is 0 Å². The van der Waals surface area contributed by atoms with E-state index in [1.807, 2.05) is 42.5 Å². The summed E-state index contributed by atoms with van der Waals surface area (Å²) in [6, 6.07) is 12.8. The summed E-state index contributed by atoms with van der Waals surface area (Å²) in [5, 5.41) is 0.639. The number of para-hydroxylation sites is 1. The molecule has 1 atom stereocenters. The van der Waals surface area contributed by atoms with E-state index >= 15 is 0 Å². The van der Waals surface area contributed by atoms with E-state index in [1.54, 1.807) is 14.2 Å². The standard InChI is InChI=1S/C15H16ClNO2/c1-18-13-9-5-7-11(15(13)19-2)14(17)10-6-3-4-8-12(10)16/h3-9,14H,17H2,1-2H3. The first kappa shape index (κ1) is 13.7. The summed E-state index contributed by atoms with van der Waals surface area (Å²) >= 11 is 6.19. The number of nitrogens with two attached hydrogens (primary N) is 1. The Morgan fingerprint density at radius 1 is 0.947 bits per heavy atom. The smallest absolute Gasteiger partial charge is 0.165 e. The molecule has 1 unspecified atom stereocenters. The molecule has 0 bridgehead atoms. The fourth-order valence-electron chi connectivity index (χ4n) is 2.05. The molecule has 0 saturated heterocycles. The third-order valence-corrected chi connectivity index (χ3v) is 3.35. The summed E-state index contributed by atoms with van der Waals surface area (Å²) in [6.45, 7) is 0. The summed E-state index contributed by atoms with van der Waals surface area (Å²) in [7, 11) is 3.20. The highest BCUT2D eigenvalue weighted by molar-refractivity contribution is 6.31. The molecule has 0 fully saturated rings. The number of methoxy groups -OCH3 is 2. The van der Waals surface area contributed by atoms with Crippen LogP contribution in [0.15, 0.2) is 42.5 Å². The van der Waals surface area contributed by atoms with Gasteiger partial charge in [0, 0.05) is 10.6 Å². The van der Waals surface area contributed by atoms with Gasteiger partial charge >= 0.3 is 0 Å². The molecular weight excluding hydrogens is 262 g/mol. The Kier molecular flexibility index (Phi) is 4.30. The monoisotopic (exact) mass is 277 g/mol. The number of rotatable bonds is 4. The minimum absolute atomic E-state index is 0.362. The van der Waals surface area contributed by atoms with E-state index < -0.39 is 0 Å². The Labute approximate surface area is 117 Å². The zero-order valence-corrected chi connectivity index (χ0v) is 11.6. The number of hydrogen-bond acceptors (Lipinski definition) is 3. The topological polar surface area (TPSA) is 44.5 Å². The number of ether oxygens (including phenoxy) is 2. The van der Waals surface area contributed by atoms with Crippen LogP contribution in [-0.2, 0) is 0 Å². The van der Waals surface area contributed by atoms with Gasteiger partial charge in [-0.05, 0) is 17.7 Å². The molecule has 0 saturated carbocycles. The molecule has 0 aliphatic carbocycles. The van der Waals surface area contributed by atoms with Gasteiger partial charge in [0.15, 0.2) is 11.5 Å². The third-order valence-electron chi connectivity index (χ3n) is 3.01. The van der Waals surface area contributed by atoms with Crippen molar-refractivity contribution in [1.29, 1.82) is 0 Å². The SMILES string of the molecule is COc1cccc(C(N)c2ccccc2Cl)c1OC. The second kappa shape index (κ2) is 5.95. The summed E-state index contributed by atoms with van der Waals surface area (Å²) < 4.78 is 10.7. The molecule has 0 heterocycles. The highest BCUT2D eigenvalue weighted by Gasteiger charge is 2.18. The fraction of sp³-hybridized carbons (Fsp3) is 0.200. The van der Waals surface area contributed by atoms with Crippen LogP contribution in [-0.4, -0.2) is 14.2 Å². The summed E-state index contributed by atoms with van der Waals surface area (Å²) in [5.41, 5.74) is 8.00. The molecule has 2 aromatic carbocycles. The molecule has 2 aromatic rings. The first-order valence-corrected chi connectivity index (χ1v) is 6.27. The largest absolute Gasteiger partial charge is 0.493 e. The Morgan fingerprint density at radius 2 is 1.63 bits per heavy atom. The third kappa shape index (κ3) is 2.67. The van der Waals surface area contributed by atoms with Gasteiger partial charge in [-0.2, -0.15) is 0 Å². The molecule has 0 aliphatic rings. The molecule has 0 radical (unpaired) electrons. The Balaban J connectivity index is 2.50. The minimum Gasteiger partial charge on any atom is -0.493 e. The lowest BCUT2D eigenvalue weighted by Crippen LogP contribution is -2.14. The molecule has 19 heavy (non-hydrogen) atoms. The first-order chi connectivity index (χ1) is 9.19. The van der Waals surface area contributed by atoms with E-state index in [0.717, 1.165) is 11.1 Å². The van der Waals surface area contributed by atoms with Crippen molar-refractivity contribution in [3.05, 3.63) is 58.6 Å². The molecule has 0 aromatic heterocycles. The van der Waals surface area contributed by atoms with E-state index in [-0.39, 0.29) is 6.04 Å². The van der Waals surface area contributed by atoms with Gasteiger partial charge in [-0.3, -0.25) is 0 Å². The second-order valence-electron chi connectivity index (χ2n) is 4.08. The van der Waals surface area contributed by atoms with Crippen LogP contribution in [0.4, 0.5) is 0 Å². The normalized spacial score (nSPS) is 12.0. The maximum Gasteiger partial charge on any atom is 0.165 e. The molecule has 3 nitrogen and oxygen atoms in total. The molecule has 0 spiro atoms. The molecule has 0 amide bonds. The van der Waals surface area contributed by atoms with Gasteiger partial charge in [-0.1, -0.05) is 41.9 Å². The van der Waals surface area contributed by atoms with E-state index in [9.17, 15) is 0 Å². The van der Waals surface area contributed by atoms with Crippen LogP contribution < -0.4 is 15.2 Å². The molecule has 2 rings (SSSR count). The maximum atomic E-state index is 6.30. The Bertz CT molecular complexity index is 572. The van der Waals surface area contributed by atoms with Crippen molar-refractivity contribution in [1.82, 2.24) is 0 Å². The van der Waals surface area contributed by atoms with Crippen molar-refractivity contribution in [2.75, 3.05) is 14.2 Å². The molecule has 4 heteroatoms. The van der Waals surface area contributed by atoms with Gasteiger partial charge in [0.25, 0.3) is 0 Å². The predicted molar refractivity (Wildman–Crippen MR) is 77.0 cm³/mol. The molecule has 0 aliphatic heterocycles. The van der Waals surface area contributed by atoms with E-state index in [1.165, 1.54) is 0 Å². The lowest BCUT2D eigenvalue weighted by atomic mass is 9.98. The van der Waals surface area contributed by atoms with Gasteiger partial charge in [0.2, 0.25) is 0 Å². The van der Waals surface area contributed by atoms with Crippen molar-refractivity contribution >= 4 is 11.6 Å². The highest BCUT2D eigenvalue weighted by atomic mass is 35.5. The summed E-state index contributed by atoms with van der Waals surface area (Å²) in [5.74, 6) is 1.29. The summed E-state index contributed by atoms with van der Waals surface area (Å²) in [4.78, 5) is 0. The number of hydrogen-bond donors (Lipinski definition) is 1. The minimum atomic E-state index is -0.362. The van der Waals surface area contributed by atoms with E-state index in [2.05, 4.69) is 0 Å². The van der Waals surface area contributed by atoms with Crippen LogP contribution in [0, 0.1) is 0 Å². The first-order valence-electron chi connectivity index (χ1n) is 5.90. The second-order valence-corrected chi connectivity index (χ2v) is 4.49. The van der Waals surface area contributed by atoms with Crippen molar-refractivity contribution in [2.24, 2.45) is 5.73 Å². The Morgan fingerprint density at radius 3 is 2.26 bits per heavy atom.